The molecule has 1 atom stereocenters. The second-order valence-electron chi connectivity index (χ2n) is 2.95. The number of alkyl halides is 1. The lowest BCUT2D eigenvalue weighted by Crippen LogP contribution is -2.37. The summed E-state index contributed by atoms with van der Waals surface area (Å²) in [5.74, 6) is 0. The highest BCUT2D eigenvalue weighted by atomic mass is 79.9. The lowest BCUT2D eigenvalue weighted by molar-refractivity contribution is 0.263. The first kappa shape index (κ1) is 12.7. The third kappa shape index (κ3) is 2.83. The van der Waals surface area contributed by atoms with Gasteiger partial charge in [0.2, 0.25) is 0 Å². The summed E-state index contributed by atoms with van der Waals surface area (Å²) in [7, 11) is -3.32. The van der Waals surface area contributed by atoms with Crippen LogP contribution in [-0.2, 0) is 4.57 Å². The van der Waals surface area contributed by atoms with Crippen molar-refractivity contribution in [2.45, 2.75) is 6.42 Å². The zero-order valence-electron chi connectivity index (χ0n) is 7.64. The third-order valence-electron chi connectivity index (χ3n) is 2.08. The van der Waals surface area contributed by atoms with E-state index in [1.807, 2.05) is 0 Å². The predicted molar refractivity (Wildman–Crippen MR) is 64.6 cm³/mol. The molecule has 1 saturated heterocycles. The molecule has 0 saturated carbocycles. The first-order chi connectivity index (χ1) is 6.62. The molecule has 14 heavy (non-hydrogen) atoms. The fourth-order valence-electron chi connectivity index (χ4n) is 1.40. The Morgan fingerprint density at radius 3 is 2.79 bits per heavy atom. The number of nitrogens with zero attached hydrogens (tertiary/aromatic N) is 2. The molecule has 1 aliphatic heterocycles. The number of halogens is 2. The van der Waals surface area contributed by atoms with Crippen LogP contribution in [0.15, 0.2) is 11.2 Å². The lowest BCUT2D eigenvalue weighted by atomic mass is 10.4. The van der Waals surface area contributed by atoms with E-state index in [9.17, 15) is 9.46 Å². The van der Waals surface area contributed by atoms with Crippen LogP contribution >= 0.6 is 39.5 Å². The lowest BCUT2D eigenvalue weighted by Gasteiger charge is -2.38. The zero-order chi connectivity index (χ0) is 10.6. The highest BCUT2D eigenvalue weighted by Crippen LogP contribution is 2.51. The second kappa shape index (κ2) is 5.66. The van der Waals surface area contributed by atoms with E-state index in [-0.39, 0.29) is 0 Å². The van der Waals surface area contributed by atoms with Gasteiger partial charge < -0.3 is 4.89 Å². The predicted octanol–water partition coefficient (Wildman–Crippen LogP) is 2.36. The largest absolute Gasteiger partial charge is 0.368 e. The molecule has 0 amide bonds. The van der Waals surface area contributed by atoms with Crippen LogP contribution in [-0.4, -0.2) is 39.2 Å². The quantitative estimate of drug-likeness (QED) is 0.628. The molecule has 1 unspecified atom stereocenters. The van der Waals surface area contributed by atoms with Crippen LogP contribution in [0.25, 0.3) is 0 Å². The molecule has 82 valence electrons. The molecule has 0 spiro atoms. The number of rotatable bonds is 3. The molecule has 0 aliphatic carbocycles. The first-order valence-electron chi connectivity index (χ1n) is 4.31. The monoisotopic (exact) mass is 346 g/mol. The Morgan fingerprint density at radius 2 is 2.21 bits per heavy atom. The van der Waals surface area contributed by atoms with Crippen LogP contribution in [0.5, 0.6) is 0 Å². The summed E-state index contributed by atoms with van der Waals surface area (Å²) in [5.41, 5.74) is 0. The molecule has 0 bridgehead atoms. The van der Waals surface area contributed by atoms with Crippen molar-refractivity contribution in [2.75, 3.05) is 25.0 Å². The molecule has 0 aromatic heterocycles. The Bertz CT molecular complexity index is 260. The van der Waals surface area contributed by atoms with E-state index in [1.54, 1.807) is 15.9 Å². The Morgan fingerprint density at radius 1 is 1.50 bits per heavy atom. The minimum absolute atomic E-state index is 0.598. The maximum absolute atomic E-state index is 12.0. The highest BCUT2D eigenvalue weighted by Gasteiger charge is 2.36. The van der Waals surface area contributed by atoms with Gasteiger partial charge in [-0.05, 0) is 11.4 Å². The van der Waals surface area contributed by atoms with Crippen LogP contribution in [0.3, 0.4) is 0 Å². The van der Waals surface area contributed by atoms with Crippen LogP contribution in [0.1, 0.15) is 6.42 Å². The van der Waals surface area contributed by atoms with Gasteiger partial charge in [-0.2, -0.15) is 0 Å². The van der Waals surface area contributed by atoms with Crippen molar-refractivity contribution in [3.63, 3.8) is 0 Å². The van der Waals surface area contributed by atoms with Crippen molar-refractivity contribution in [3.05, 3.63) is 11.2 Å². The maximum Gasteiger partial charge on any atom is 0.368 e. The third-order valence-corrected chi connectivity index (χ3v) is 4.81. The molecule has 1 heterocycles. The van der Waals surface area contributed by atoms with Crippen LogP contribution in [0.4, 0.5) is 0 Å². The SMILES string of the molecule is O=P1(O)N(/C=C/Br)CCCN1CCBr. The summed E-state index contributed by atoms with van der Waals surface area (Å²) in [6, 6.07) is 0. The van der Waals surface area contributed by atoms with E-state index in [2.05, 4.69) is 31.9 Å². The maximum atomic E-state index is 12.0. The molecular formula is C7H13Br2N2O2P. The topological polar surface area (TPSA) is 43.8 Å². The molecular weight excluding hydrogens is 335 g/mol. The van der Waals surface area contributed by atoms with Gasteiger partial charge in [0.1, 0.15) is 0 Å². The van der Waals surface area contributed by atoms with Crippen LogP contribution < -0.4 is 0 Å². The summed E-state index contributed by atoms with van der Waals surface area (Å²) in [4.78, 5) is 11.5. The van der Waals surface area contributed by atoms with Crippen molar-refractivity contribution < 1.29 is 9.46 Å². The Balaban J connectivity index is 2.76. The van der Waals surface area contributed by atoms with Crippen LogP contribution in [0.2, 0.25) is 0 Å². The van der Waals surface area contributed by atoms with Gasteiger partial charge in [0.25, 0.3) is 0 Å². The van der Waals surface area contributed by atoms with E-state index in [1.165, 1.54) is 4.67 Å². The van der Waals surface area contributed by atoms with E-state index in [0.29, 0.717) is 25.0 Å². The molecule has 4 nitrogen and oxygen atoms in total. The molecule has 0 aromatic rings. The Hall–Kier alpha value is 0.650. The average Bonchev–Trinajstić information content (AvgIpc) is 2.13. The normalized spacial score (nSPS) is 30.1. The summed E-state index contributed by atoms with van der Waals surface area (Å²) >= 11 is 6.39. The fourth-order valence-corrected chi connectivity index (χ4v) is 4.30. The van der Waals surface area contributed by atoms with E-state index in [4.69, 9.17) is 0 Å². The summed E-state index contributed by atoms with van der Waals surface area (Å²) < 4.78 is 15.1. The van der Waals surface area contributed by atoms with Crippen molar-refractivity contribution in [3.8, 4) is 0 Å². The highest BCUT2D eigenvalue weighted by molar-refractivity contribution is 9.11. The number of hydrogen-bond donors (Lipinski definition) is 1. The first-order valence-corrected chi connectivity index (χ1v) is 7.91. The van der Waals surface area contributed by atoms with E-state index in [0.717, 1.165) is 6.42 Å². The van der Waals surface area contributed by atoms with Gasteiger partial charge >= 0.3 is 7.67 Å². The van der Waals surface area contributed by atoms with E-state index >= 15 is 0 Å². The van der Waals surface area contributed by atoms with Crippen molar-refractivity contribution in [1.29, 1.82) is 0 Å². The Kier molecular flexibility index (Phi) is 5.14. The molecule has 0 aromatic carbocycles. The van der Waals surface area contributed by atoms with Crippen molar-refractivity contribution in [1.82, 2.24) is 9.34 Å². The smallest absolute Gasteiger partial charge is 0.317 e. The van der Waals surface area contributed by atoms with Gasteiger partial charge in [-0.25, -0.2) is 9.24 Å². The molecule has 7 heteroatoms. The van der Waals surface area contributed by atoms with Gasteiger partial charge in [-0.3, -0.25) is 4.67 Å². The Labute approximate surface area is 101 Å². The molecule has 1 N–H and O–H groups in total. The molecule has 0 radical (unpaired) electrons. The van der Waals surface area contributed by atoms with Gasteiger partial charge in [0.05, 0.1) is 0 Å². The van der Waals surface area contributed by atoms with Gasteiger partial charge in [0.15, 0.2) is 0 Å². The summed E-state index contributed by atoms with van der Waals surface area (Å²) in [5, 5.41) is 0.712. The van der Waals surface area contributed by atoms with Gasteiger partial charge in [-0.1, -0.05) is 31.9 Å². The van der Waals surface area contributed by atoms with Gasteiger partial charge in [-0.15, -0.1) is 0 Å². The second-order valence-corrected chi connectivity index (χ2v) is 6.38. The van der Waals surface area contributed by atoms with Crippen molar-refractivity contribution in [2.24, 2.45) is 0 Å². The van der Waals surface area contributed by atoms with Crippen molar-refractivity contribution >= 4 is 39.5 Å². The zero-order valence-corrected chi connectivity index (χ0v) is 11.7. The van der Waals surface area contributed by atoms with Gasteiger partial charge in [0, 0.05) is 31.2 Å². The molecule has 1 rings (SSSR count). The summed E-state index contributed by atoms with van der Waals surface area (Å²) in [6.45, 7) is 1.92. The van der Waals surface area contributed by atoms with Crippen LogP contribution in [0, 0.1) is 0 Å². The fraction of sp³-hybridized carbons (Fsp3) is 0.714. The minimum atomic E-state index is -3.32. The standard InChI is InChI=1S/C7H13Br2N2O2P/c8-2-6-10-4-1-5-11(7-3-9)14(10,12)13/h2,6H,1,3-5,7H2,(H,12,13)/b6-2+. The number of hydrogen-bond acceptors (Lipinski definition) is 1. The molecule has 1 aliphatic rings. The van der Waals surface area contributed by atoms with E-state index < -0.39 is 7.67 Å². The minimum Gasteiger partial charge on any atom is -0.317 e. The summed E-state index contributed by atoms with van der Waals surface area (Å²) in [6.07, 6.45) is 2.52. The average molecular weight is 348 g/mol. The molecule has 1 fully saturated rings.